The molecule has 7 heteroatoms. The summed E-state index contributed by atoms with van der Waals surface area (Å²) in [4.78, 5) is 39.5. The van der Waals surface area contributed by atoms with Crippen molar-refractivity contribution in [3.05, 3.63) is 62.3 Å². The second kappa shape index (κ2) is 9.14. The Morgan fingerprint density at radius 3 is 2.73 bits per heavy atom. The summed E-state index contributed by atoms with van der Waals surface area (Å²) in [6, 6.07) is 8.55. The van der Waals surface area contributed by atoms with E-state index in [9.17, 15) is 14.4 Å². The molecule has 2 heterocycles. The Morgan fingerprint density at radius 2 is 2.00 bits per heavy atom. The zero-order valence-corrected chi connectivity index (χ0v) is 20.3. The van der Waals surface area contributed by atoms with Gasteiger partial charge >= 0.3 is 11.6 Å². The number of carbonyl (C=O) groups excluding carboxylic acids is 2. The fourth-order valence-electron chi connectivity index (χ4n) is 4.44. The van der Waals surface area contributed by atoms with Gasteiger partial charge in [-0.2, -0.15) is 0 Å². The molecule has 0 aliphatic heterocycles. The van der Waals surface area contributed by atoms with Crippen LogP contribution in [-0.2, 0) is 17.6 Å². The highest BCUT2D eigenvalue weighted by Crippen LogP contribution is 2.45. The van der Waals surface area contributed by atoms with Crippen molar-refractivity contribution < 1.29 is 18.7 Å². The molecular weight excluding hydrogens is 438 g/mol. The molecule has 33 heavy (non-hydrogen) atoms. The third-order valence-corrected chi connectivity index (χ3v) is 8.04. The molecule has 0 saturated carbocycles. The molecule has 3 aromatic rings. The normalized spacial score (nSPS) is 15.8. The first-order valence-corrected chi connectivity index (χ1v) is 12.2. The largest absolute Gasteiger partial charge is 0.462 e. The van der Waals surface area contributed by atoms with Gasteiger partial charge in [-0.15, -0.1) is 11.3 Å². The van der Waals surface area contributed by atoms with E-state index in [1.54, 1.807) is 25.1 Å². The number of nitrogens with one attached hydrogen (secondary N) is 1. The summed E-state index contributed by atoms with van der Waals surface area (Å²) in [5.41, 5.74) is 1.18. The number of fused-ring (bicyclic) bond motifs is 2. The van der Waals surface area contributed by atoms with E-state index < -0.39 is 17.5 Å². The van der Waals surface area contributed by atoms with Crippen LogP contribution in [0, 0.1) is 11.3 Å². The van der Waals surface area contributed by atoms with Crippen LogP contribution < -0.4 is 10.9 Å². The lowest BCUT2D eigenvalue weighted by Gasteiger charge is -2.36. The lowest BCUT2D eigenvalue weighted by Crippen LogP contribution is -2.28. The second-order valence-electron chi connectivity index (χ2n) is 9.15. The van der Waals surface area contributed by atoms with E-state index in [0.29, 0.717) is 27.5 Å². The van der Waals surface area contributed by atoms with Gasteiger partial charge in [0, 0.05) is 10.3 Å². The molecule has 6 nitrogen and oxygen atoms in total. The highest BCUT2D eigenvalue weighted by atomic mass is 32.1. The fourth-order valence-corrected chi connectivity index (χ4v) is 5.75. The van der Waals surface area contributed by atoms with Crippen molar-refractivity contribution in [3.8, 4) is 0 Å². The first-order valence-electron chi connectivity index (χ1n) is 11.4. The molecular formula is C26H29NO5S. The fraction of sp³-hybridized carbons (Fsp3) is 0.423. The Morgan fingerprint density at radius 1 is 1.24 bits per heavy atom. The van der Waals surface area contributed by atoms with Crippen LogP contribution in [0.25, 0.3) is 11.0 Å². The Bertz CT molecular complexity index is 1270. The number of ether oxygens (including phenoxy) is 1. The average Bonchev–Trinajstić information content (AvgIpc) is 3.15. The quantitative estimate of drug-likeness (QED) is 0.364. The molecule has 0 fully saturated rings. The minimum Gasteiger partial charge on any atom is -0.462 e. The van der Waals surface area contributed by atoms with Gasteiger partial charge in [-0.25, -0.2) is 9.59 Å². The van der Waals surface area contributed by atoms with E-state index in [1.807, 2.05) is 6.07 Å². The van der Waals surface area contributed by atoms with Crippen LogP contribution in [-0.4, -0.2) is 18.5 Å². The van der Waals surface area contributed by atoms with Crippen molar-refractivity contribution in [1.29, 1.82) is 0 Å². The minimum absolute atomic E-state index is 0.0973. The van der Waals surface area contributed by atoms with Crippen molar-refractivity contribution >= 4 is 39.2 Å². The van der Waals surface area contributed by atoms with Gasteiger partial charge in [0.15, 0.2) is 0 Å². The van der Waals surface area contributed by atoms with Gasteiger partial charge in [0.05, 0.1) is 12.2 Å². The number of hydrogen-bond donors (Lipinski definition) is 1. The Balaban J connectivity index is 1.70. The summed E-state index contributed by atoms with van der Waals surface area (Å²) in [5.74, 6) is -0.534. The molecule has 1 aliphatic carbocycles. The molecule has 1 N–H and O–H groups in total. The first kappa shape index (κ1) is 23.2. The molecule has 1 aliphatic rings. The van der Waals surface area contributed by atoms with Gasteiger partial charge in [0.1, 0.15) is 16.1 Å². The predicted molar refractivity (Wildman–Crippen MR) is 130 cm³/mol. The number of hydrogen-bond acceptors (Lipinski definition) is 6. The predicted octanol–water partition coefficient (Wildman–Crippen LogP) is 5.82. The maximum Gasteiger partial charge on any atom is 0.349 e. The summed E-state index contributed by atoms with van der Waals surface area (Å²) >= 11 is 1.41. The Labute approximate surface area is 197 Å². The molecule has 174 valence electrons. The third-order valence-electron chi connectivity index (χ3n) is 6.87. The van der Waals surface area contributed by atoms with Crippen molar-refractivity contribution in [2.75, 3.05) is 11.9 Å². The molecule has 4 rings (SSSR count). The molecule has 0 bridgehead atoms. The third kappa shape index (κ3) is 4.47. The van der Waals surface area contributed by atoms with Crippen LogP contribution in [0.3, 0.4) is 0 Å². The highest BCUT2D eigenvalue weighted by molar-refractivity contribution is 7.17. The van der Waals surface area contributed by atoms with Crippen molar-refractivity contribution in [2.24, 2.45) is 11.3 Å². The molecule has 0 radical (unpaired) electrons. The summed E-state index contributed by atoms with van der Waals surface area (Å²) in [6.07, 6.45) is 3.69. The van der Waals surface area contributed by atoms with Crippen molar-refractivity contribution in [1.82, 2.24) is 0 Å². The topological polar surface area (TPSA) is 85.6 Å². The van der Waals surface area contributed by atoms with Crippen molar-refractivity contribution in [3.63, 3.8) is 0 Å². The smallest absolute Gasteiger partial charge is 0.349 e. The lowest BCUT2D eigenvalue weighted by molar-refractivity contribution is 0.0526. The number of rotatable bonds is 6. The van der Waals surface area contributed by atoms with Crippen LogP contribution >= 0.6 is 11.3 Å². The first-order chi connectivity index (χ1) is 15.7. The highest BCUT2D eigenvalue weighted by Gasteiger charge is 2.36. The number of para-hydroxylation sites is 1. The summed E-state index contributed by atoms with van der Waals surface area (Å²) in [6.45, 7) is 8.77. The standard InChI is InChI=1S/C26H29NO5S/c1-5-26(3,4)16-11-12-17-20(14-16)33-23(21(17)25(30)31-6-2)27-22(28)18-13-15-9-7-8-10-19(15)32-24(18)29/h7-10,13,16H,5-6,11-12,14H2,1-4H3,(H,27,28)/t16-/m1/s1. The van der Waals surface area contributed by atoms with E-state index >= 15 is 0 Å². The van der Waals surface area contributed by atoms with Crippen LogP contribution in [0.1, 0.15) is 71.7 Å². The lowest BCUT2D eigenvalue weighted by atomic mass is 9.69. The van der Waals surface area contributed by atoms with Gasteiger partial charge in [-0.05, 0) is 55.2 Å². The van der Waals surface area contributed by atoms with E-state index in [4.69, 9.17) is 9.15 Å². The van der Waals surface area contributed by atoms with Crippen molar-refractivity contribution in [2.45, 2.75) is 53.4 Å². The molecule has 0 saturated heterocycles. The summed E-state index contributed by atoms with van der Waals surface area (Å²) in [7, 11) is 0. The van der Waals surface area contributed by atoms with Crippen LogP contribution in [0.5, 0.6) is 0 Å². The van der Waals surface area contributed by atoms with E-state index in [0.717, 1.165) is 36.1 Å². The SMILES string of the molecule is CCOC(=O)c1c(NC(=O)c2cc3ccccc3oc2=O)sc2c1CC[C@@H](C(C)(C)CC)C2. The Kier molecular flexibility index (Phi) is 6.43. The number of anilines is 1. The molecule has 1 aromatic carbocycles. The van der Waals surface area contributed by atoms with Crippen LogP contribution in [0.2, 0.25) is 0 Å². The molecule has 1 atom stereocenters. The van der Waals surface area contributed by atoms with E-state index in [2.05, 4.69) is 26.1 Å². The van der Waals surface area contributed by atoms with Gasteiger partial charge in [0.2, 0.25) is 0 Å². The Hall–Kier alpha value is -2.93. The summed E-state index contributed by atoms with van der Waals surface area (Å²) < 4.78 is 10.6. The van der Waals surface area contributed by atoms with Gasteiger partial charge < -0.3 is 14.5 Å². The monoisotopic (exact) mass is 467 g/mol. The van der Waals surface area contributed by atoms with Gasteiger partial charge in [0.25, 0.3) is 5.91 Å². The average molecular weight is 468 g/mol. The van der Waals surface area contributed by atoms with Gasteiger partial charge in [-0.3, -0.25) is 4.79 Å². The maximum absolute atomic E-state index is 13.1. The van der Waals surface area contributed by atoms with Crippen LogP contribution in [0.4, 0.5) is 5.00 Å². The molecule has 2 aromatic heterocycles. The van der Waals surface area contributed by atoms with E-state index in [-0.39, 0.29) is 17.6 Å². The van der Waals surface area contributed by atoms with Gasteiger partial charge in [-0.1, -0.05) is 45.4 Å². The van der Waals surface area contributed by atoms with E-state index in [1.165, 1.54) is 17.4 Å². The number of amides is 1. The number of thiophene rings is 1. The number of esters is 1. The zero-order chi connectivity index (χ0) is 23.8. The molecule has 0 unspecified atom stereocenters. The minimum atomic E-state index is -0.713. The van der Waals surface area contributed by atoms with Crippen LogP contribution in [0.15, 0.2) is 39.5 Å². The summed E-state index contributed by atoms with van der Waals surface area (Å²) in [5, 5.41) is 3.91. The molecule has 1 amide bonds. The molecule has 0 spiro atoms. The zero-order valence-electron chi connectivity index (χ0n) is 19.4. The number of benzene rings is 1. The second-order valence-corrected chi connectivity index (χ2v) is 10.3. The maximum atomic E-state index is 13.1. The number of carbonyl (C=O) groups is 2.